The minimum atomic E-state index is -0.775. The second-order valence-electron chi connectivity index (χ2n) is 6.05. The molecule has 0 fully saturated rings. The number of nitrogens with one attached hydrogen (secondary N) is 1. The Balaban J connectivity index is 1.73. The maximum absolute atomic E-state index is 12.5. The van der Waals surface area contributed by atoms with Gasteiger partial charge in [0.2, 0.25) is 0 Å². The first-order valence-corrected chi connectivity index (χ1v) is 8.41. The number of hydrogen-bond acceptors (Lipinski definition) is 8. The lowest BCUT2D eigenvalue weighted by molar-refractivity contribution is -0.402. The minimum Gasteiger partial charge on any atom is -0.463 e. The van der Waals surface area contributed by atoms with E-state index in [0.29, 0.717) is 17.2 Å². The highest BCUT2D eigenvalue weighted by Gasteiger charge is 2.24. The van der Waals surface area contributed by atoms with Crippen molar-refractivity contribution in [3.63, 3.8) is 0 Å². The fraction of sp³-hybridized carbons (Fsp3) is 0.0556. The molecule has 2 amide bonds. The molecule has 1 aliphatic heterocycles. The number of anilines is 1. The Morgan fingerprint density at radius 3 is 2.73 bits per heavy atom. The van der Waals surface area contributed by atoms with E-state index in [2.05, 4.69) is 27.0 Å². The molecule has 3 aromatic rings. The summed E-state index contributed by atoms with van der Waals surface area (Å²) in [5.74, 6) is -1.85. The van der Waals surface area contributed by atoms with Gasteiger partial charge in [-0.15, -0.1) is 0 Å². The third-order valence-electron chi connectivity index (χ3n) is 4.07. The summed E-state index contributed by atoms with van der Waals surface area (Å²) < 4.78 is 11.4. The highest BCUT2D eigenvalue weighted by atomic mass is 16.6. The molecule has 0 saturated heterocycles. The molecule has 3 aromatic heterocycles. The lowest BCUT2D eigenvalue weighted by Crippen LogP contribution is -2.25. The first-order valence-electron chi connectivity index (χ1n) is 8.41. The number of rotatable bonds is 4. The predicted octanol–water partition coefficient (Wildman–Crippen LogP) is 2.66. The van der Waals surface area contributed by atoms with Crippen LogP contribution < -0.4 is 5.32 Å². The maximum atomic E-state index is 12.5. The molecular weight excluding hydrogens is 396 g/mol. The first kappa shape index (κ1) is 18.7. The van der Waals surface area contributed by atoms with Crippen LogP contribution in [0.15, 0.2) is 67.6 Å². The van der Waals surface area contributed by atoms with E-state index < -0.39 is 22.6 Å². The van der Waals surface area contributed by atoms with Crippen LogP contribution in [0.3, 0.4) is 0 Å². The van der Waals surface area contributed by atoms with Gasteiger partial charge < -0.3 is 14.2 Å². The number of nitro groups is 1. The molecule has 0 unspecified atom stereocenters. The van der Waals surface area contributed by atoms with Gasteiger partial charge in [-0.3, -0.25) is 19.7 Å². The van der Waals surface area contributed by atoms with E-state index in [1.807, 2.05) is 0 Å². The molecule has 0 aliphatic carbocycles. The molecule has 30 heavy (non-hydrogen) atoms. The Bertz CT molecular complexity index is 1260. The highest BCUT2D eigenvalue weighted by Crippen LogP contribution is 2.24. The SMILES string of the molecule is C=C1C(=O)N=C(n2nc(-c3ccco3)cc2NC(=O)c2ccc([N+](=O)[O-])o2)N=C1C. The van der Waals surface area contributed by atoms with Gasteiger partial charge in [0.25, 0.3) is 17.8 Å². The number of aliphatic imine (C=N–C) groups is 2. The van der Waals surface area contributed by atoms with E-state index >= 15 is 0 Å². The first-order chi connectivity index (χ1) is 14.3. The monoisotopic (exact) mass is 408 g/mol. The van der Waals surface area contributed by atoms with E-state index in [1.54, 1.807) is 19.1 Å². The van der Waals surface area contributed by atoms with Crippen LogP contribution in [0.5, 0.6) is 0 Å². The fourth-order valence-corrected chi connectivity index (χ4v) is 2.54. The van der Waals surface area contributed by atoms with Gasteiger partial charge in [0.15, 0.2) is 11.5 Å². The number of hydrogen-bond donors (Lipinski definition) is 1. The molecule has 0 radical (unpaired) electrons. The van der Waals surface area contributed by atoms with Crippen molar-refractivity contribution >= 4 is 35.2 Å². The maximum Gasteiger partial charge on any atom is 0.433 e. The number of aromatic nitrogens is 2. The molecule has 4 rings (SSSR count). The van der Waals surface area contributed by atoms with Gasteiger partial charge in [-0.25, -0.2) is 4.99 Å². The summed E-state index contributed by atoms with van der Waals surface area (Å²) in [6.07, 6.45) is 1.45. The van der Waals surface area contributed by atoms with E-state index in [4.69, 9.17) is 8.83 Å². The zero-order valence-corrected chi connectivity index (χ0v) is 15.4. The van der Waals surface area contributed by atoms with Crippen LogP contribution in [-0.2, 0) is 4.79 Å². The van der Waals surface area contributed by atoms with Crippen molar-refractivity contribution in [2.75, 3.05) is 5.32 Å². The zero-order chi connectivity index (χ0) is 21.4. The van der Waals surface area contributed by atoms with Crippen molar-refractivity contribution in [3.8, 4) is 11.5 Å². The molecule has 12 heteroatoms. The van der Waals surface area contributed by atoms with Crippen LogP contribution in [0.1, 0.15) is 17.5 Å². The van der Waals surface area contributed by atoms with Crippen LogP contribution in [0, 0.1) is 10.1 Å². The summed E-state index contributed by atoms with van der Waals surface area (Å²) in [7, 11) is 0. The number of amides is 2. The average molecular weight is 408 g/mol. The van der Waals surface area contributed by atoms with Crippen LogP contribution in [-0.4, -0.2) is 38.2 Å². The summed E-state index contributed by atoms with van der Waals surface area (Å²) in [5, 5.41) is 17.6. The standard InChI is InChI=1S/C18H12N6O6/c1-9-10(2)19-18(21-16(9)25)23-14(8-11(22-23)12-4-3-7-29-12)20-17(26)13-5-6-15(30-13)24(27)28/h3-8H,1H2,2H3,(H,20,26). The van der Waals surface area contributed by atoms with Crippen molar-refractivity contribution in [3.05, 3.63) is 64.6 Å². The molecule has 0 bridgehead atoms. The van der Waals surface area contributed by atoms with Crippen molar-refractivity contribution in [2.45, 2.75) is 6.92 Å². The average Bonchev–Trinajstić information content (AvgIpc) is 3.45. The Morgan fingerprint density at radius 2 is 2.10 bits per heavy atom. The summed E-state index contributed by atoms with van der Waals surface area (Å²) >= 11 is 0. The molecule has 1 N–H and O–H groups in total. The molecule has 0 spiro atoms. The second-order valence-corrected chi connectivity index (χ2v) is 6.05. The lowest BCUT2D eigenvalue weighted by Gasteiger charge is -2.12. The van der Waals surface area contributed by atoms with Gasteiger partial charge >= 0.3 is 5.88 Å². The van der Waals surface area contributed by atoms with E-state index in [-0.39, 0.29) is 23.1 Å². The normalized spacial score (nSPS) is 13.8. The fourth-order valence-electron chi connectivity index (χ4n) is 2.54. The molecule has 12 nitrogen and oxygen atoms in total. The highest BCUT2D eigenvalue weighted by molar-refractivity contribution is 6.28. The predicted molar refractivity (Wildman–Crippen MR) is 103 cm³/mol. The molecule has 0 atom stereocenters. The van der Waals surface area contributed by atoms with E-state index in [1.165, 1.54) is 12.3 Å². The van der Waals surface area contributed by atoms with Crippen LogP contribution >= 0.6 is 0 Å². The third-order valence-corrected chi connectivity index (χ3v) is 4.07. The number of nitrogens with zero attached hydrogens (tertiary/aromatic N) is 5. The van der Waals surface area contributed by atoms with Gasteiger partial charge in [-0.05, 0) is 25.1 Å². The molecule has 1 aliphatic rings. The Hall–Kier alpha value is -4.61. The molecule has 150 valence electrons. The summed E-state index contributed by atoms with van der Waals surface area (Å²) in [6, 6.07) is 7.00. The van der Waals surface area contributed by atoms with E-state index in [9.17, 15) is 19.7 Å². The third kappa shape index (κ3) is 3.32. The number of furan rings is 2. The second kappa shape index (κ2) is 7.09. The topological polar surface area (TPSA) is 158 Å². The minimum absolute atomic E-state index is 0.0843. The van der Waals surface area contributed by atoms with Crippen molar-refractivity contribution < 1.29 is 23.3 Å². The van der Waals surface area contributed by atoms with Crippen molar-refractivity contribution in [2.24, 2.45) is 9.98 Å². The molecule has 0 saturated carbocycles. The Labute approximate surface area is 167 Å². The number of carbonyl (C=O) groups is 2. The Morgan fingerprint density at radius 1 is 1.30 bits per heavy atom. The van der Waals surface area contributed by atoms with E-state index in [0.717, 1.165) is 16.8 Å². The smallest absolute Gasteiger partial charge is 0.433 e. The Kier molecular flexibility index (Phi) is 4.43. The lowest BCUT2D eigenvalue weighted by atomic mass is 10.2. The molecule has 4 heterocycles. The van der Waals surface area contributed by atoms with Crippen molar-refractivity contribution in [1.29, 1.82) is 0 Å². The summed E-state index contributed by atoms with van der Waals surface area (Å²) in [5.41, 5.74) is 0.817. The largest absolute Gasteiger partial charge is 0.463 e. The summed E-state index contributed by atoms with van der Waals surface area (Å²) in [6.45, 7) is 5.20. The van der Waals surface area contributed by atoms with Gasteiger partial charge in [0, 0.05) is 6.07 Å². The summed E-state index contributed by atoms with van der Waals surface area (Å²) in [4.78, 5) is 42.6. The van der Waals surface area contributed by atoms with Gasteiger partial charge in [0.1, 0.15) is 16.4 Å². The molecule has 0 aromatic carbocycles. The number of carbonyl (C=O) groups excluding carboxylic acids is 2. The quantitative estimate of drug-likeness (QED) is 0.395. The van der Waals surface area contributed by atoms with Crippen molar-refractivity contribution in [1.82, 2.24) is 9.78 Å². The molecular formula is C18H12N6O6. The van der Waals surface area contributed by atoms with Gasteiger partial charge in [0.05, 0.1) is 23.6 Å². The van der Waals surface area contributed by atoms with Gasteiger partial charge in [-0.2, -0.15) is 14.8 Å². The van der Waals surface area contributed by atoms with Gasteiger partial charge in [-0.1, -0.05) is 6.58 Å². The van der Waals surface area contributed by atoms with Crippen LogP contribution in [0.25, 0.3) is 11.5 Å². The van der Waals surface area contributed by atoms with Crippen LogP contribution in [0.2, 0.25) is 0 Å². The zero-order valence-electron chi connectivity index (χ0n) is 15.4. The van der Waals surface area contributed by atoms with Crippen LogP contribution in [0.4, 0.5) is 11.7 Å².